The maximum Gasteiger partial charge on any atom is 0.153 e. The van der Waals surface area contributed by atoms with Gasteiger partial charge in [0.05, 0.1) is 22.6 Å². The zero-order valence-electron chi connectivity index (χ0n) is 10.2. The molecule has 0 radical (unpaired) electrons. The molecule has 17 heavy (non-hydrogen) atoms. The van der Waals surface area contributed by atoms with E-state index < -0.39 is 0 Å². The van der Waals surface area contributed by atoms with Crippen molar-refractivity contribution in [3.05, 3.63) is 47.3 Å². The van der Waals surface area contributed by atoms with Crippen LogP contribution in [0.3, 0.4) is 0 Å². The molecule has 0 saturated heterocycles. The summed E-state index contributed by atoms with van der Waals surface area (Å²) in [5.41, 5.74) is 3.62. The molecule has 0 N–H and O–H groups in total. The van der Waals surface area contributed by atoms with Gasteiger partial charge in [0.1, 0.15) is 0 Å². The first kappa shape index (κ1) is 11.6. The fourth-order valence-corrected chi connectivity index (χ4v) is 2.04. The molecule has 0 fully saturated rings. The van der Waals surface area contributed by atoms with Crippen molar-refractivity contribution in [1.82, 2.24) is 9.78 Å². The molecular formula is C14H16N2O. The Morgan fingerprint density at radius 3 is 2.41 bits per heavy atom. The van der Waals surface area contributed by atoms with Gasteiger partial charge in [0.15, 0.2) is 6.29 Å². The van der Waals surface area contributed by atoms with Crippen LogP contribution in [0.2, 0.25) is 0 Å². The molecule has 0 aliphatic heterocycles. The summed E-state index contributed by atoms with van der Waals surface area (Å²) in [7, 11) is 0. The van der Waals surface area contributed by atoms with Crippen LogP contribution in [0.15, 0.2) is 30.3 Å². The molecule has 88 valence electrons. The second-order valence-electron chi connectivity index (χ2n) is 3.88. The van der Waals surface area contributed by atoms with Crippen LogP contribution in [0.25, 0.3) is 5.69 Å². The summed E-state index contributed by atoms with van der Waals surface area (Å²) in [6, 6.07) is 9.92. The lowest BCUT2D eigenvalue weighted by atomic mass is 10.1. The summed E-state index contributed by atoms with van der Waals surface area (Å²) in [6.45, 7) is 4.06. The molecule has 0 spiro atoms. The van der Waals surface area contributed by atoms with Gasteiger partial charge >= 0.3 is 0 Å². The highest BCUT2D eigenvalue weighted by molar-refractivity contribution is 5.78. The molecule has 1 aromatic heterocycles. The average Bonchev–Trinajstić information content (AvgIpc) is 2.77. The van der Waals surface area contributed by atoms with Gasteiger partial charge in [-0.3, -0.25) is 4.79 Å². The smallest absolute Gasteiger partial charge is 0.153 e. The fourth-order valence-electron chi connectivity index (χ4n) is 2.04. The van der Waals surface area contributed by atoms with Crippen LogP contribution >= 0.6 is 0 Å². The van der Waals surface area contributed by atoms with E-state index in [-0.39, 0.29) is 0 Å². The van der Waals surface area contributed by atoms with Gasteiger partial charge in [-0.1, -0.05) is 32.0 Å². The lowest BCUT2D eigenvalue weighted by molar-refractivity contribution is 0.112. The van der Waals surface area contributed by atoms with E-state index in [4.69, 9.17) is 0 Å². The quantitative estimate of drug-likeness (QED) is 0.754. The molecule has 0 atom stereocenters. The minimum atomic E-state index is 0.749. The number of hydrogen-bond acceptors (Lipinski definition) is 2. The van der Waals surface area contributed by atoms with Crippen molar-refractivity contribution >= 4 is 6.29 Å². The Labute approximate surface area is 101 Å². The first-order valence-corrected chi connectivity index (χ1v) is 5.93. The van der Waals surface area contributed by atoms with Crippen LogP contribution in [0.4, 0.5) is 0 Å². The number of carbonyl (C=O) groups is 1. The van der Waals surface area contributed by atoms with Crippen LogP contribution in [0.5, 0.6) is 0 Å². The largest absolute Gasteiger partial charge is 0.298 e. The summed E-state index contributed by atoms with van der Waals surface area (Å²) in [4.78, 5) is 11.2. The topological polar surface area (TPSA) is 34.9 Å². The fraction of sp³-hybridized carbons (Fsp3) is 0.286. The highest BCUT2D eigenvalue weighted by Gasteiger charge is 2.15. The number of rotatable bonds is 4. The summed E-state index contributed by atoms with van der Waals surface area (Å²) in [6.07, 6.45) is 2.50. The van der Waals surface area contributed by atoms with E-state index in [1.807, 2.05) is 48.9 Å². The second kappa shape index (κ2) is 4.95. The maximum atomic E-state index is 11.2. The van der Waals surface area contributed by atoms with Crippen molar-refractivity contribution in [1.29, 1.82) is 0 Å². The van der Waals surface area contributed by atoms with Crippen LogP contribution in [0.1, 0.15) is 35.6 Å². The molecule has 3 heteroatoms. The number of hydrogen-bond donors (Lipinski definition) is 0. The lowest BCUT2D eigenvalue weighted by Gasteiger charge is -2.05. The molecule has 2 aromatic rings. The molecule has 0 aliphatic carbocycles. The monoisotopic (exact) mass is 228 g/mol. The van der Waals surface area contributed by atoms with Crippen molar-refractivity contribution in [2.45, 2.75) is 26.7 Å². The molecule has 0 aliphatic rings. The van der Waals surface area contributed by atoms with Crippen LogP contribution in [0, 0.1) is 0 Å². The highest BCUT2D eigenvalue weighted by atomic mass is 16.1. The molecule has 0 amide bonds. The number of aromatic nitrogens is 2. The minimum absolute atomic E-state index is 0.749. The number of para-hydroxylation sites is 1. The number of aryl methyl sites for hydroxylation is 1. The van der Waals surface area contributed by atoms with E-state index in [0.29, 0.717) is 0 Å². The first-order valence-electron chi connectivity index (χ1n) is 5.93. The molecule has 3 nitrogen and oxygen atoms in total. The minimum Gasteiger partial charge on any atom is -0.298 e. The van der Waals surface area contributed by atoms with Gasteiger partial charge in [-0.15, -0.1) is 0 Å². The maximum absolute atomic E-state index is 11.2. The molecule has 0 unspecified atom stereocenters. The zero-order chi connectivity index (χ0) is 12.3. The molecule has 0 saturated carbocycles. The normalized spacial score (nSPS) is 10.5. The molecular weight excluding hydrogens is 212 g/mol. The van der Waals surface area contributed by atoms with Crippen molar-refractivity contribution in [2.75, 3.05) is 0 Å². The summed E-state index contributed by atoms with van der Waals surface area (Å²) in [5, 5.41) is 4.53. The van der Waals surface area contributed by atoms with Gasteiger partial charge in [0.25, 0.3) is 0 Å². The third kappa shape index (κ3) is 2.00. The number of benzene rings is 1. The van der Waals surface area contributed by atoms with Crippen LogP contribution < -0.4 is 0 Å². The second-order valence-corrected chi connectivity index (χ2v) is 3.88. The Morgan fingerprint density at radius 1 is 1.18 bits per heavy atom. The van der Waals surface area contributed by atoms with E-state index in [1.165, 1.54) is 0 Å². The third-order valence-corrected chi connectivity index (χ3v) is 2.89. The standard InChI is InChI=1S/C14H16N2O/c1-3-13-12(10-17)14(4-2)16(15-13)11-8-6-5-7-9-11/h5-10H,3-4H2,1-2H3. The molecule has 0 bridgehead atoms. The Balaban J connectivity index is 2.62. The van der Waals surface area contributed by atoms with Crippen molar-refractivity contribution in [2.24, 2.45) is 0 Å². The van der Waals surface area contributed by atoms with E-state index in [2.05, 4.69) is 5.10 Å². The van der Waals surface area contributed by atoms with E-state index >= 15 is 0 Å². The number of carbonyl (C=O) groups excluding carboxylic acids is 1. The van der Waals surface area contributed by atoms with Crippen LogP contribution in [-0.2, 0) is 12.8 Å². The Hall–Kier alpha value is -1.90. The summed E-state index contributed by atoms with van der Waals surface area (Å²) < 4.78 is 1.88. The predicted octanol–water partition coefficient (Wildman–Crippen LogP) is 2.81. The van der Waals surface area contributed by atoms with E-state index in [0.717, 1.165) is 41.8 Å². The van der Waals surface area contributed by atoms with Crippen molar-refractivity contribution < 1.29 is 4.79 Å². The van der Waals surface area contributed by atoms with Gasteiger partial charge in [-0.05, 0) is 25.0 Å². The highest BCUT2D eigenvalue weighted by Crippen LogP contribution is 2.18. The van der Waals surface area contributed by atoms with E-state index in [1.54, 1.807) is 0 Å². The van der Waals surface area contributed by atoms with Gasteiger partial charge in [-0.2, -0.15) is 5.10 Å². The Bertz CT molecular complexity index is 515. The Kier molecular flexibility index (Phi) is 3.38. The third-order valence-electron chi connectivity index (χ3n) is 2.89. The molecule has 1 heterocycles. The van der Waals surface area contributed by atoms with Crippen molar-refractivity contribution in [3.8, 4) is 5.69 Å². The molecule has 1 aromatic carbocycles. The number of aldehydes is 1. The van der Waals surface area contributed by atoms with E-state index in [9.17, 15) is 4.79 Å². The summed E-state index contributed by atoms with van der Waals surface area (Å²) >= 11 is 0. The van der Waals surface area contributed by atoms with Gasteiger partial charge in [0.2, 0.25) is 0 Å². The SMILES string of the molecule is CCc1nn(-c2ccccc2)c(CC)c1C=O. The van der Waals surface area contributed by atoms with Gasteiger partial charge in [0, 0.05) is 0 Å². The number of nitrogens with zero attached hydrogens (tertiary/aromatic N) is 2. The van der Waals surface area contributed by atoms with Gasteiger partial charge < -0.3 is 0 Å². The molecule has 2 rings (SSSR count). The Morgan fingerprint density at radius 2 is 1.88 bits per heavy atom. The zero-order valence-corrected chi connectivity index (χ0v) is 10.2. The lowest BCUT2D eigenvalue weighted by Crippen LogP contribution is -2.02. The average molecular weight is 228 g/mol. The van der Waals surface area contributed by atoms with Crippen LogP contribution in [-0.4, -0.2) is 16.1 Å². The summed E-state index contributed by atoms with van der Waals surface area (Å²) in [5.74, 6) is 0. The van der Waals surface area contributed by atoms with Gasteiger partial charge in [-0.25, -0.2) is 4.68 Å². The predicted molar refractivity (Wildman–Crippen MR) is 67.7 cm³/mol. The van der Waals surface area contributed by atoms with Crippen molar-refractivity contribution in [3.63, 3.8) is 0 Å². The first-order chi connectivity index (χ1) is 8.31.